The normalized spacial score (nSPS) is 14.6. The summed E-state index contributed by atoms with van der Waals surface area (Å²) in [6, 6.07) is 69.4. The molecule has 0 unspecified atom stereocenters. The molecule has 0 bridgehead atoms. The van der Waals surface area contributed by atoms with Crippen LogP contribution in [0.4, 0.5) is 34.1 Å². The molecule has 0 saturated heterocycles. The van der Waals surface area contributed by atoms with Crippen LogP contribution in [0.25, 0.3) is 43.5 Å². The number of rotatable bonds is 4. The lowest BCUT2D eigenvalue weighted by Crippen LogP contribution is -2.60. The van der Waals surface area contributed by atoms with Crippen molar-refractivity contribution in [2.24, 2.45) is 0 Å². The van der Waals surface area contributed by atoms with Gasteiger partial charge >= 0.3 is 0 Å². The monoisotopic (exact) mass is 1030 g/mol. The maximum atomic E-state index is 2.66. The third-order valence-electron chi connectivity index (χ3n) is 18.0. The first-order chi connectivity index (χ1) is 37.2. The number of hydrogen-bond donors (Lipinski definition) is 0. The molecule has 4 heteroatoms. The Balaban J connectivity index is 1.09. The summed E-state index contributed by atoms with van der Waals surface area (Å²) < 4.78 is 2.72. The Morgan fingerprint density at radius 3 is 1.67 bits per heavy atom. The van der Waals surface area contributed by atoms with Gasteiger partial charge in [-0.25, -0.2) is 0 Å². The summed E-state index contributed by atoms with van der Waals surface area (Å²) in [5, 5.41) is 1.31. The van der Waals surface area contributed by atoms with Crippen molar-refractivity contribution in [3.8, 4) is 33.4 Å². The molecule has 4 aliphatic rings. The van der Waals surface area contributed by atoms with Gasteiger partial charge in [0.05, 0.1) is 11.1 Å². The molecule has 2 nitrogen and oxygen atoms in total. The molecule has 1 aromatic heterocycles. The highest BCUT2D eigenvalue weighted by Gasteiger charge is 2.53. The first-order valence-electron chi connectivity index (χ1n) is 28.4. The number of benzene rings is 9. The fourth-order valence-corrected chi connectivity index (χ4v) is 15.6. The van der Waals surface area contributed by atoms with Gasteiger partial charge in [-0.1, -0.05) is 203 Å². The topological polar surface area (TPSA) is 6.48 Å². The molecule has 0 amide bonds. The van der Waals surface area contributed by atoms with Gasteiger partial charge < -0.3 is 9.80 Å². The van der Waals surface area contributed by atoms with Crippen molar-refractivity contribution in [3.05, 3.63) is 232 Å². The quantitative estimate of drug-likeness (QED) is 0.162. The van der Waals surface area contributed by atoms with Gasteiger partial charge in [-0.05, 0) is 185 Å². The first kappa shape index (κ1) is 48.9. The summed E-state index contributed by atoms with van der Waals surface area (Å²) in [5.74, 6) is 0.424. The van der Waals surface area contributed by atoms with E-state index in [1.807, 2.05) is 11.3 Å². The van der Waals surface area contributed by atoms with E-state index < -0.39 is 5.41 Å². The zero-order valence-electron chi connectivity index (χ0n) is 47.7. The lowest BCUT2D eigenvalue weighted by atomic mass is 9.36. The number of thiophene rings is 1. The van der Waals surface area contributed by atoms with Gasteiger partial charge in [-0.2, -0.15) is 0 Å². The average Bonchev–Trinajstić information content (AvgIpc) is 3.39. The molecule has 384 valence electrons. The van der Waals surface area contributed by atoms with Gasteiger partial charge in [0, 0.05) is 43.3 Å². The van der Waals surface area contributed by atoms with E-state index in [2.05, 4.69) is 276 Å². The first-order valence-corrected chi connectivity index (χ1v) is 29.2. The van der Waals surface area contributed by atoms with Crippen LogP contribution in [0.2, 0.25) is 0 Å². The number of hydrogen-bond acceptors (Lipinski definition) is 3. The zero-order valence-corrected chi connectivity index (χ0v) is 48.5. The largest absolute Gasteiger partial charge is 0.311 e. The third kappa shape index (κ3) is 6.94. The smallest absolute Gasteiger partial charge is 0.264 e. The summed E-state index contributed by atoms with van der Waals surface area (Å²) in [6.45, 7) is 30.3. The summed E-state index contributed by atoms with van der Waals surface area (Å²) >= 11 is 2.02. The molecule has 14 rings (SSSR count). The third-order valence-corrected chi connectivity index (χ3v) is 19.2. The van der Waals surface area contributed by atoms with Crippen molar-refractivity contribution in [3.63, 3.8) is 0 Å². The van der Waals surface area contributed by atoms with Crippen molar-refractivity contribution in [1.82, 2.24) is 0 Å². The highest BCUT2D eigenvalue weighted by Crippen LogP contribution is 2.64. The molecular formula is C74H69BN2S. The van der Waals surface area contributed by atoms with Crippen molar-refractivity contribution >= 4 is 78.0 Å². The Labute approximate surface area is 467 Å². The second-order valence-corrected chi connectivity index (χ2v) is 27.5. The van der Waals surface area contributed by atoms with E-state index in [0.717, 1.165) is 0 Å². The molecule has 2 aliphatic carbocycles. The van der Waals surface area contributed by atoms with Crippen molar-refractivity contribution in [1.29, 1.82) is 0 Å². The molecule has 0 atom stereocenters. The van der Waals surface area contributed by atoms with E-state index in [4.69, 9.17) is 0 Å². The predicted molar refractivity (Wildman–Crippen MR) is 337 cm³/mol. The van der Waals surface area contributed by atoms with Crippen LogP contribution in [0.1, 0.15) is 138 Å². The van der Waals surface area contributed by atoms with E-state index in [9.17, 15) is 0 Å². The van der Waals surface area contributed by atoms with Crippen LogP contribution in [-0.2, 0) is 21.7 Å². The average molecular weight is 1030 g/mol. The molecule has 78 heavy (non-hydrogen) atoms. The van der Waals surface area contributed by atoms with Crippen LogP contribution in [0.5, 0.6) is 0 Å². The minimum atomic E-state index is -0.436. The summed E-state index contributed by atoms with van der Waals surface area (Å²) in [6.07, 6.45) is 0. The second kappa shape index (κ2) is 16.8. The van der Waals surface area contributed by atoms with E-state index in [0.29, 0.717) is 5.92 Å². The van der Waals surface area contributed by atoms with E-state index in [-0.39, 0.29) is 23.0 Å². The molecule has 0 radical (unpaired) electrons. The molecule has 0 N–H and O–H groups in total. The van der Waals surface area contributed by atoms with Crippen molar-refractivity contribution in [2.45, 2.75) is 118 Å². The Morgan fingerprint density at radius 2 is 1.05 bits per heavy atom. The van der Waals surface area contributed by atoms with Crippen molar-refractivity contribution < 1.29 is 0 Å². The molecule has 10 aromatic rings. The lowest BCUT2D eigenvalue weighted by Gasteiger charge is -2.43. The Morgan fingerprint density at radius 1 is 0.474 bits per heavy atom. The van der Waals surface area contributed by atoms with Gasteiger partial charge in [0.2, 0.25) is 0 Å². The molecule has 0 saturated carbocycles. The Bertz CT molecular complexity index is 4070. The van der Waals surface area contributed by atoms with E-state index in [1.54, 1.807) is 0 Å². The Kier molecular flexibility index (Phi) is 10.5. The van der Waals surface area contributed by atoms with E-state index in [1.165, 1.54) is 149 Å². The van der Waals surface area contributed by atoms with Gasteiger partial charge in [-0.15, -0.1) is 11.3 Å². The summed E-state index contributed by atoms with van der Waals surface area (Å²) in [7, 11) is 0. The number of anilines is 6. The molecule has 0 fully saturated rings. The van der Waals surface area contributed by atoms with Crippen LogP contribution >= 0.6 is 11.3 Å². The SMILES string of the molecule is Cc1cc2c3c(c1)N(c1ccc(C(C)C)cc1)c1c(sc4cc5c(cc14)-c1ccc(C)cc1C51c4ccccc4-c4ccccc41)B3c1ccc(-c3c(C(C)(C)C)cccc3C(C)(C)C)cc1N2c1ccc(C(C)(C)C)cc1. The predicted octanol–water partition coefficient (Wildman–Crippen LogP) is 18.6. The van der Waals surface area contributed by atoms with E-state index >= 15 is 0 Å². The highest BCUT2D eigenvalue weighted by atomic mass is 32.1. The molecule has 3 heterocycles. The minimum absolute atomic E-state index is 0.0186. The van der Waals surface area contributed by atoms with Crippen molar-refractivity contribution in [2.75, 3.05) is 9.80 Å². The van der Waals surface area contributed by atoms with Gasteiger partial charge in [0.25, 0.3) is 6.71 Å². The lowest BCUT2D eigenvalue weighted by molar-refractivity contribution is 0.572. The zero-order chi connectivity index (χ0) is 54.1. The van der Waals surface area contributed by atoms with Crippen LogP contribution in [0.3, 0.4) is 0 Å². The highest BCUT2D eigenvalue weighted by molar-refractivity contribution is 7.33. The minimum Gasteiger partial charge on any atom is -0.311 e. The van der Waals surface area contributed by atoms with Crippen LogP contribution in [0.15, 0.2) is 176 Å². The fraction of sp³-hybridized carbons (Fsp3) is 0.243. The van der Waals surface area contributed by atoms with Gasteiger partial charge in [0.15, 0.2) is 0 Å². The molecule has 2 aliphatic heterocycles. The maximum Gasteiger partial charge on any atom is 0.264 e. The van der Waals surface area contributed by atoms with Gasteiger partial charge in [0.1, 0.15) is 0 Å². The Hall–Kier alpha value is -7.40. The van der Waals surface area contributed by atoms with Crippen LogP contribution in [0, 0.1) is 13.8 Å². The number of fused-ring (bicyclic) bond motifs is 16. The maximum absolute atomic E-state index is 2.66. The fourth-order valence-electron chi connectivity index (χ4n) is 14.3. The van der Waals surface area contributed by atoms with Crippen LogP contribution < -0.4 is 25.5 Å². The number of aryl methyl sites for hydroxylation is 2. The number of nitrogens with zero attached hydrogens (tertiary/aromatic N) is 2. The standard InChI is InChI=1S/C74H69BN2S/c1-43(2)46-26-31-50(32-27-46)77-65-39-45(4)38-64-68(65)75(62-36-28-47(67-58(72(8,9)10)23-18-24-59(67)73(11,12)13)40-63(62)76(64)49-33-29-48(30-34-49)71(5,6)7)70-69(77)55-41-54-53-35-25-44(3)37-60(53)74(61(54)42-66(55)78-70)56-21-16-14-19-51(56)52-20-15-17-22-57(52)74/h14-43H,1-13H3. The molecular weight excluding hydrogens is 960 g/mol. The molecule has 1 spiro atoms. The van der Waals surface area contributed by atoms with Crippen LogP contribution in [-0.4, -0.2) is 6.71 Å². The summed E-state index contributed by atoms with van der Waals surface area (Å²) in [4.78, 5) is 5.28. The molecule has 9 aromatic carbocycles. The van der Waals surface area contributed by atoms with Gasteiger partial charge in [-0.3, -0.25) is 0 Å². The summed E-state index contributed by atoms with van der Waals surface area (Å²) in [5.41, 5.74) is 31.0. The second-order valence-electron chi connectivity index (χ2n) is 26.5.